The van der Waals surface area contributed by atoms with E-state index >= 15 is 0 Å². The highest BCUT2D eigenvalue weighted by molar-refractivity contribution is 5.62. The number of allylic oxidation sites excluding steroid dienone is 1. The lowest BCUT2D eigenvalue weighted by atomic mass is 10.2. The van der Waals surface area contributed by atoms with Crippen molar-refractivity contribution in [3.8, 4) is 0 Å². The molecule has 0 spiro atoms. The second-order valence-electron chi connectivity index (χ2n) is 3.49. The highest BCUT2D eigenvalue weighted by Crippen LogP contribution is 2.29. The van der Waals surface area contributed by atoms with Gasteiger partial charge in [-0.25, -0.2) is 9.18 Å². The Balaban J connectivity index is 2.55. The molecule has 0 N–H and O–H groups in total. The second kappa shape index (κ2) is 4.52. The molecule has 1 aliphatic rings. The fourth-order valence-electron chi connectivity index (χ4n) is 1.07. The minimum atomic E-state index is -5.04. The molecule has 0 aromatic rings. The molecule has 1 heterocycles. The molecule has 0 aliphatic carbocycles. The van der Waals surface area contributed by atoms with E-state index in [-0.39, 0.29) is 6.08 Å². The Morgan fingerprint density at radius 1 is 1.59 bits per heavy atom. The number of halogens is 4. The van der Waals surface area contributed by atoms with Crippen LogP contribution in [0, 0.1) is 0 Å². The number of cyclic esters (lactones) is 2. The van der Waals surface area contributed by atoms with Crippen LogP contribution in [0.3, 0.4) is 0 Å². The van der Waals surface area contributed by atoms with Crippen molar-refractivity contribution >= 4 is 6.16 Å². The average Bonchev–Trinajstić information content (AvgIpc) is 2.39. The first kappa shape index (κ1) is 13.8. The zero-order valence-electron chi connectivity index (χ0n) is 9.01. The van der Waals surface area contributed by atoms with Gasteiger partial charge in [-0.3, -0.25) is 0 Å². The summed E-state index contributed by atoms with van der Waals surface area (Å²) in [5.41, 5.74) is 0. The fourth-order valence-corrected chi connectivity index (χ4v) is 1.07. The topological polar surface area (TPSA) is 44.8 Å². The van der Waals surface area contributed by atoms with Gasteiger partial charge in [-0.1, -0.05) is 0 Å². The van der Waals surface area contributed by atoms with Crippen molar-refractivity contribution in [3.05, 3.63) is 11.9 Å². The van der Waals surface area contributed by atoms with Gasteiger partial charge in [-0.15, -0.1) is 0 Å². The summed E-state index contributed by atoms with van der Waals surface area (Å²) >= 11 is 0. The molecule has 0 aromatic heterocycles. The van der Waals surface area contributed by atoms with Gasteiger partial charge >= 0.3 is 12.3 Å². The Morgan fingerprint density at radius 3 is 2.59 bits per heavy atom. The maximum Gasteiger partial charge on any atom is 0.511 e. The van der Waals surface area contributed by atoms with E-state index in [1.807, 2.05) is 0 Å². The Kier molecular flexibility index (Phi) is 3.65. The van der Waals surface area contributed by atoms with Crippen molar-refractivity contribution in [2.75, 3.05) is 6.61 Å². The number of hydrogen-bond donors (Lipinski definition) is 0. The summed E-state index contributed by atoms with van der Waals surface area (Å²) in [5.74, 6) is -3.78. The van der Waals surface area contributed by atoms with Gasteiger partial charge in [0.2, 0.25) is 5.83 Å². The van der Waals surface area contributed by atoms with E-state index in [0.717, 1.165) is 0 Å². The molecule has 17 heavy (non-hydrogen) atoms. The molecule has 4 nitrogen and oxygen atoms in total. The molecule has 1 aliphatic heterocycles. The maximum absolute atomic E-state index is 12.4. The molecule has 0 bridgehead atoms. The summed E-state index contributed by atoms with van der Waals surface area (Å²) in [7, 11) is 0. The van der Waals surface area contributed by atoms with Gasteiger partial charge in [0.25, 0.3) is 5.79 Å². The molecular formula is C9H10F4O4. The minimum Gasteiger partial charge on any atom is -0.424 e. The van der Waals surface area contributed by atoms with Crippen LogP contribution in [-0.2, 0) is 14.2 Å². The smallest absolute Gasteiger partial charge is 0.424 e. The fraction of sp³-hybridized carbons (Fsp3) is 0.667. The predicted molar refractivity (Wildman–Crippen MR) is 46.6 cm³/mol. The molecule has 8 heteroatoms. The van der Waals surface area contributed by atoms with Crippen molar-refractivity contribution in [1.29, 1.82) is 0 Å². The van der Waals surface area contributed by atoms with Gasteiger partial charge in [0.15, 0.2) is 6.10 Å². The van der Waals surface area contributed by atoms with Gasteiger partial charge in [-0.2, -0.15) is 13.2 Å². The number of carbonyl (C=O) groups excluding carboxylic acids is 1. The first-order chi connectivity index (χ1) is 7.65. The van der Waals surface area contributed by atoms with Gasteiger partial charge in [0.1, 0.15) is 0 Å². The predicted octanol–water partition coefficient (Wildman–Crippen LogP) is 2.69. The Bertz CT molecular complexity index is 338. The maximum atomic E-state index is 12.4. The van der Waals surface area contributed by atoms with Crippen LogP contribution in [-0.4, -0.2) is 30.8 Å². The molecule has 2 atom stereocenters. The Labute approximate surface area is 94.1 Å². The van der Waals surface area contributed by atoms with E-state index in [9.17, 15) is 22.4 Å². The van der Waals surface area contributed by atoms with Crippen LogP contribution < -0.4 is 0 Å². The van der Waals surface area contributed by atoms with Crippen molar-refractivity contribution in [1.82, 2.24) is 0 Å². The Hall–Kier alpha value is -1.31. The van der Waals surface area contributed by atoms with Gasteiger partial charge in [-0.05, 0) is 13.0 Å². The first-order valence-corrected chi connectivity index (χ1v) is 4.61. The monoisotopic (exact) mass is 258 g/mol. The summed E-state index contributed by atoms with van der Waals surface area (Å²) in [6, 6.07) is 0. The summed E-state index contributed by atoms with van der Waals surface area (Å²) in [6.07, 6.45) is -6.61. The van der Waals surface area contributed by atoms with Crippen LogP contribution in [0.1, 0.15) is 13.8 Å². The highest BCUT2D eigenvalue weighted by atomic mass is 19.4. The highest BCUT2D eigenvalue weighted by Gasteiger charge is 2.46. The second-order valence-corrected chi connectivity index (χ2v) is 3.49. The lowest BCUT2D eigenvalue weighted by molar-refractivity contribution is -0.180. The third kappa shape index (κ3) is 3.32. The molecule has 1 saturated heterocycles. The lowest BCUT2D eigenvalue weighted by Gasteiger charge is -2.23. The van der Waals surface area contributed by atoms with E-state index in [2.05, 4.69) is 9.47 Å². The van der Waals surface area contributed by atoms with Gasteiger partial charge < -0.3 is 14.2 Å². The average molecular weight is 258 g/mol. The number of carbonyl (C=O) groups is 1. The van der Waals surface area contributed by atoms with Gasteiger partial charge in [0.05, 0.1) is 6.61 Å². The number of ether oxygens (including phenoxy) is 3. The summed E-state index contributed by atoms with van der Waals surface area (Å²) in [5, 5.41) is 0. The Morgan fingerprint density at radius 2 is 2.18 bits per heavy atom. The molecule has 98 valence electrons. The van der Waals surface area contributed by atoms with Crippen molar-refractivity contribution < 1.29 is 36.6 Å². The largest absolute Gasteiger partial charge is 0.511 e. The molecule has 0 amide bonds. The van der Waals surface area contributed by atoms with E-state index in [0.29, 0.717) is 0 Å². The molecule has 0 saturated carbocycles. The number of alkyl halides is 3. The zero-order chi connectivity index (χ0) is 13.3. The van der Waals surface area contributed by atoms with Crippen LogP contribution in [0.2, 0.25) is 0 Å². The molecule has 0 radical (unpaired) electrons. The van der Waals surface area contributed by atoms with E-state index < -0.39 is 36.7 Å². The zero-order valence-corrected chi connectivity index (χ0v) is 9.01. The quantitative estimate of drug-likeness (QED) is 0.576. The van der Waals surface area contributed by atoms with Crippen molar-refractivity contribution in [2.45, 2.75) is 31.9 Å². The summed E-state index contributed by atoms with van der Waals surface area (Å²) in [6.45, 7) is 2.06. The minimum absolute atomic E-state index is 0.212. The lowest BCUT2D eigenvalue weighted by Crippen LogP contribution is -2.37. The molecule has 1 fully saturated rings. The standard InChI is InChI=1S/C9H10F4O4/c1-5-8(2,17-7(14)16-5)15-4-3-6(10)9(11,12)13/h3,5H,4H2,1-2H3/b6-3+. The third-order valence-corrected chi connectivity index (χ3v) is 2.20. The van der Waals surface area contributed by atoms with Crippen LogP contribution >= 0.6 is 0 Å². The molecule has 1 rings (SSSR count). The molecular weight excluding hydrogens is 248 g/mol. The third-order valence-electron chi connectivity index (χ3n) is 2.20. The van der Waals surface area contributed by atoms with Crippen molar-refractivity contribution in [3.63, 3.8) is 0 Å². The summed E-state index contributed by atoms with van der Waals surface area (Å²) in [4.78, 5) is 10.7. The van der Waals surface area contributed by atoms with E-state index in [1.165, 1.54) is 13.8 Å². The number of rotatable bonds is 3. The normalized spacial score (nSPS) is 30.1. The van der Waals surface area contributed by atoms with Crippen molar-refractivity contribution in [2.24, 2.45) is 0 Å². The molecule has 2 unspecified atom stereocenters. The van der Waals surface area contributed by atoms with E-state index in [4.69, 9.17) is 4.74 Å². The van der Waals surface area contributed by atoms with E-state index in [1.54, 1.807) is 0 Å². The summed E-state index contributed by atoms with van der Waals surface area (Å²) < 4.78 is 61.8. The molecule has 0 aromatic carbocycles. The van der Waals surface area contributed by atoms with Gasteiger partial charge in [0, 0.05) is 6.92 Å². The SMILES string of the molecule is CC1OC(=O)OC1(C)OC/C=C(/F)C(F)(F)F. The van der Waals surface area contributed by atoms with Crippen LogP contribution in [0.4, 0.5) is 22.4 Å². The van der Waals surface area contributed by atoms with Crippen LogP contribution in [0.15, 0.2) is 11.9 Å². The van der Waals surface area contributed by atoms with Crippen LogP contribution in [0.5, 0.6) is 0 Å². The van der Waals surface area contributed by atoms with Crippen LogP contribution in [0.25, 0.3) is 0 Å². The number of hydrogen-bond acceptors (Lipinski definition) is 4. The first-order valence-electron chi connectivity index (χ1n) is 4.61.